The molecule has 142 valence electrons. The molecule has 0 aliphatic rings. The summed E-state index contributed by atoms with van der Waals surface area (Å²) in [4.78, 5) is 10.3. The number of hydrogen-bond acceptors (Lipinski definition) is 4. The number of nitrogens with one attached hydrogen (secondary N) is 2. The Labute approximate surface area is 156 Å². The summed E-state index contributed by atoms with van der Waals surface area (Å²) in [5.41, 5.74) is 3.27. The number of hydrogen-bond donors (Lipinski definition) is 2. The highest BCUT2D eigenvalue weighted by Crippen LogP contribution is 2.32. The first-order chi connectivity index (χ1) is 13.1. The van der Waals surface area contributed by atoms with Crippen molar-refractivity contribution in [2.75, 3.05) is 13.7 Å². The highest BCUT2D eigenvalue weighted by atomic mass is 19.1. The number of nitrogens with zero attached hydrogens (tertiary/aromatic N) is 1. The lowest BCUT2D eigenvalue weighted by Gasteiger charge is -2.15. The molecule has 1 amide bonds. The van der Waals surface area contributed by atoms with Crippen LogP contribution in [-0.4, -0.2) is 36.4 Å². The van der Waals surface area contributed by atoms with Crippen LogP contribution in [0.15, 0.2) is 36.4 Å². The number of aromatic amines is 1. The Morgan fingerprint density at radius 2 is 2.19 bits per heavy atom. The Morgan fingerprint density at radius 3 is 2.96 bits per heavy atom. The fourth-order valence-corrected chi connectivity index (χ4v) is 2.92. The quantitative estimate of drug-likeness (QED) is 0.446. The molecule has 1 aromatic heterocycles. The topological polar surface area (TPSA) is 76.2 Å². The van der Waals surface area contributed by atoms with Crippen molar-refractivity contribution in [1.82, 2.24) is 15.5 Å². The van der Waals surface area contributed by atoms with Gasteiger partial charge in [0, 0.05) is 37.1 Å². The summed E-state index contributed by atoms with van der Waals surface area (Å²) in [5, 5.41) is 10.6. The van der Waals surface area contributed by atoms with E-state index in [1.165, 1.54) is 6.07 Å². The van der Waals surface area contributed by atoms with Crippen LogP contribution in [0.25, 0.3) is 22.2 Å². The zero-order valence-electron chi connectivity index (χ0n) is 15.3. The van der Waals surface area contributed by atoms with Crippen molar-refractivity contribution in [3.63, 3.8) is 0 Å². The number of rotatable bonds is 9. The lowest BCUT2D eigenvalue weighted by molar-refractivity contribution is -0.109. The fraction of sp³-hybridized carbons (Fsp3) is 0.300. The summed E-state index contributed by atoms with van der Waals surface area (Å²) in [6.07, 6.45) is 0.965. The van der Waals surface area contributed by atoms with Gasteiger partial charge in [0.25, 0.3) is 0 Å². The third kappa shape index (κ3) is 4.43. The maximum Gasteiger partial charge on any atom is 0.207 e. The first kappa shape index (κ1) is 18.8. The second-order valence-corrected chi connectivity index (χ2v) is 6.32. The molecule has 0 spiro atoms. The highest BCUT2D eigenvalue weighted by Gasteiger charge is 2.15. The molecule has 1 atom stereocenters. The van der Waals surface area contributed by atoms with Gasteiger partial charge in [0.05, 0.1) is 18.2 Å². The Morgan fingerprint density at radius 1 is 1.33 bits per heavy atom. The molecule has 0 saturated carbocycles. The van der Waals surface area contributed by atoms with Gasteiger partial charge in [-0.1, -0.05) is 18.2 Å². The van der Waals surface area contributed by atoms with Crippen LogP contribution >= 0.6 is 0 Å². The average molecular weight is 371 g/mol. The molecular formula is C20H22FN3O3. The van der Waals surface area contributed by atoms with E-state index in [1.807, 2.05) is 31.2 Å². The maximum atomic E-state index is 14.4. The van der Waals surface area contributed by atoms with Gasteiger partial charge in [0.15, 0.2) is 11.6 Å². The Bertz CT molecular complexity index is 926. The smallest absolute Gasteiger partial charge is 0.207 e. The maximum absolute atomic E-state index is 14.4. The van der Waals surface area contributed by atoms with E-state index >= 15 is 0 Å². The summed E-state index contributed by atoms with van der Waals surface area (Å²) in [6.45, 7) is 2.81. The second kappa shape index (κ2) is 8.64. The van der Waals surface area contributed by atoms with Crippen molar-refractivity contribution in [2.45, 2.75) is 26.1 Å². The zero-order chi connectivity index (χ0) is 19.2. The van der Waals surface area contributed by atoms with E-state index in [2.05, 4.69) is 15.5 Å². The molecule has 2 N–H and O–H groups in total. The number of benzene rings is 2. The molecule has 0 aliphatic heterocycles. The lowest BCUT2D eigenvalue weighted by atomic mass is 10.0. The largest absolute Gasteiger partial charge is 0.488 e. The molecular weight excluding hydrogens is 349 g/mol. The Hall–Kier alpha value is -2.93. The van der Waals surface area contributed by atoms with Gasteiger partial charge in [-0.2, -0.15) is 5.10 Å². The molecule has 6 nitrogen and oxygen atoms in total. The third-order valence-corrected chi connectivity index (χ3v) is 4.23. The number of amides is 1. The number of H-pyrrole nitrogens is 1. The van der Waals surface area contributed by atoms with E-state index in [-0.39, 0.29) is 11.9 Å². The minimum absolute atomic E-state index is 0.164. The number of carbonyl (C=O) groups is 1. The van der Waals surface area contributed by atoms with Crippen LogP contribution in [0.2, 0.25) is 0 Å². The number of aromatic nitrogens is 2. The standard InChI is InChI=1S/C20H22FN3O3/c1-13(6-7-22-12-25)27-19-9-16-18(10-17(19)21)23-24-20(16)15-5-3-4-14(8-15)11-26-2/h3-5,8-10,12-13H,6-7,11H2,1-2H3,(H,22,25)(H,23,24). The number of halogens is 1. The van der Waals surface area contributed by atoms with Crippen LogP contribution in [0.5, 0.6) is 5.75 Å². The van der Waals surface area contributed by atoms with E-state index < -0.39 is 5.82 Å². The van der Waals surface area contributed by atoms with Crippen LogP contribution in [-0.2, 0) is 16.1 Å². The van der Waals surface area contributed by atoms with Gasteiger partial charge in [0.2, 0.25) is 6.41 Å². The van der Waals surface area contributed by atoms with Crippen molar-refractivity contribution < 1.29 is 18.7 Å². The summed E-state index contributed by atoms with van der Waals surface area (Å²) in [6, 6.07) is 10.9. The number of ether oxygens (including phenoxy) is 2. The SMILES string of the molecule is COCc1cccc(-c2n[nH]c3cc(F)c(OC(C)CCNC=O)cc23)c1. The van der Waals surface area contributed by atoms with Gasteiger partial charge in [-0.05, 0) is 24.6 Å². The van der Waals surface area contributed by atoms with Gasteiger partial charge >= 0.3 is 0 Å². The van der Waals surface area contributed by atoms with Crippen molar-refractivity contribution in [1.29, 1.82) is 0 Å². The number of carbonyl (C=O) groups excluding carboxylic acids is 1. The van der Waals surface area contributed by atoms with Crippen LogP contribution in [0.1, 0.15) is 18.9 Å². The van der Waals surface area contributed by atoms with Crippen LogP contribution in [0.4, 0.5) is 4.39 Å². The predicted molar refractivity (Wildman–Crippen MR) is 101 cm³/mol. The molecule has 3 aromatic rings. The van der Waals surface area contributed by atoms with E-state index in [4.69, 9.17) is 9.47 Å². The van der Waals surface area contributed by atoms with Crippen molar-refractivity contribution in [2.24, 2.45) is 0 Å². The molecule has 1 heterocycles. The average Bonchev–Trinajstić information content (AvgIpc) is 3.05. The first-order valence-electron chi connectivity index (χ1n) is 8.72. The molecule has 0 bridgehead atoms. The molecule has 0 radical (unpaired) electrons. The monoisotopic (exact) mass is 371 g/mol. The van der Waals surface area contributed by atoms with Crippen LogP contribution in [0, 0.1) is 5.82 Å². The minimum Gasteiger partial charge on any atom is -0.488 e. The summed E-state index contributed by atoms with van der Waals surface area (Å²) >= 11 is 0. The van der Waals surface area contributed by atoms with E-state index in [1.54, 1.807) is 13.2 Å². The predicted octanol–water partition coefficient (Wildman–Crippen LogP) is 3.42. The second-order valence-electron chi connectivity index (χ2n) is 6.32. The molecule has 3 rings (SSSR count). The molecule has 0 fully saturated rings. The molecule has 2 aromatic carbocycles. The summed E-state index contributed by atoms with van der Waals surface area (Å²) < 4.78 is 25.3. The van der Waals surface area contributed by atoms with E-state index in [0.29, 0.717) is 31.5 Å². The minimum atomic E-state index is -0.457. The van der Waals surface area contributed by atoms with Gasteiger partial charge in [0.1, 0.15) is 5.69 Å². The Balaban J connectivity index is 1.90. The first-order valence-corrected chi connectivity index (χ1v) is 8.72. The van der Waals surface area contributed by atoms with Crippen molar-refractivity contribution in [3.05, 3.63) is 47.8 Å². The van der Waals surface area contributed by atoms with Crippen molar-refractivity contribution >= 4 is 17.3 Å². The zero-order valence-corrected chi connectivity index (χ0v) is 15.3. The fourth-order valence-electron chi connectivity index (χ4n) is 2.92. The molecule has 0 saturated heterocycles. The van der Waals surface area contributed by atoms with Gasteiger partial charge in [-0.15, -0.1) is 0 Å². The lowest BCUT2D eigenvalue weighted by Crippen LogP contribution is -2.21. The van der Waals surface area contributed by atoms with Gasteiger partial charge < -0.3 is 14.8 Å². The Kier molecular flexibility index (Phi) is 6.03. The van der Waals surface area contributed by atoms with Crippen LogP contribution in [0.3, 0.4) is 0 Å². The van der Waals surface area contributed by atoms with Crippen molar-refractivity contribution in [3.8, 4) is 17.0 Å². The number of fused-ring (bicyclic) bond motifs is 1. The molecule has 0 aliphatic carbocycles. The van der Waals surface area contributed by atoms with Crippen LogP contribution < -0.4 is 10.1 Å². The molecule has 27 heavy (non-hydrogen) atoms. The summed E-state index contributed by atoms with van der Waals surface area (Å²) in [7, 11) is 1.65. The molecule has 1 unspecified atom stereocenters. The van der Waals surface area contributed by atoms with Gasteiger partial charge in [-0.3, -0.25) is 9.89 Å². The molecule has 7 heteroatoms. The highest BCUT2D eigenvalue weighted by molar-refractivity contribution is 5.94. The number of methoxy groups -OCH3 is 1. The normalized spacial score (nSPS) is 12.1. The third-order valence-electron chi connectivity index (χ3n) is 4.23. The van der Waals surface area contributed by atoms with E-state index in [0.717, 1.165) is 22.2 Å². The summed E-state index contributed by atoms with van der Waals surface area (Å²) in [5.74, 6) is -0.294. The van der Waals surface area contributed by atoms with Gasteiger partial charge in [-0.25, -0.2) is 4.39 Å². The van der Waals surface area contributed by atoms with E-state index in [9.17, 15) is 9.18 Å².